The lowest BCUT2D eigenvalue weighted by atomic mass is 9.46. The van der Waals surface area contributed by atoms with Crippen LogP contribution in [-0.4, -0.2) is 23.9 Å². The summed E-state index contributed by atoms with van der Waals surface area (Å²) in [6.45, 7) is 9.33. The minimum atomic E-state index is -0.213. The zero-order chi connectivity index (χ0) is 18.9. The molecule has 4 fully saturated rings. The van der Waals surface area contributed by atoms with Crippen LogP contribution in [0, 0.1) is 51.2 Å². The zero-order valence-corrected chi connectivity index (χ0v) is 17.3. The van der Waals surface area contributed by atoms with Gasteiger partial charge in [0.25, 0.3) is 0 Å². The first-order valence-corrected chi connectivity index (χ1v) is 10.8. The lowest BCUT2D eigenvalue weighted by Crippen LogP contribution is -2.61. The number of nitrogens with zero attached hydrogens (tertiary/aromatic N) is 2. The molecule has 4 aliphatic rings. The summed E-state index contributed by atoms with van der Waals surface area (Å²) < 4.78 is 0. The number of likely N-dealkylation sites (tertiary alicyclic amines) is 1. The minimum absolute atomic E-state index is 0.213. The van der Waals surface area contributed by atoms with Crippen LogP contribution >= 0.6 is 0 Å². The largest absolute Gasteiger partial charge is 0.342 e. The molecule has 3 heteroatoms. The Bertz CT molecular complexity index is 649. The lowest BCUT2D eigenvalue weighted by Gasteiger charge is -2.62. The Morgan fingerprint density at radius 3 is 2.42 bits per heavy atom. The molecule has 1 amide bonds. The molecule has 0 aromatic heterocycles. The predicted octanol–water partition coefficient (Wildman–Crippen LogP) is 5.02. The maximum absolute atomic E-state index is 12.3. The molecule has 0 bridgehead atoms. The van der Waals surface area contributed by atoms with Crippen molar-refractivity contribution in [3.8, 4) is 6.07 Å². The molecule has 4 rings (SSSR count). The fraction of sp³-hybridized carbons (Fsp3) is 0.913. The first-order chi connectivity index (χ1) is 12.1. The van der Waals surface area contributed by atoms with E-state index >= 15 is 0 Å². The molecule has 0 aromatic rings. The van der Waals surface area contributed by atoms with Gasteiger partial charge in [-0.25, -0.2) is 0 Å². The summed E-state index contributed by atoms with van der Waals surface area (Å²) in [4.78, 5) is 14.4. The van der Waals surface area contributed by atoms with Gasteiger partial charge in [-0.1, -0.05) is 13.8 Å². The van der Waals surface area contributed by atoms with Crippen LogP contribution in [0.3, 0.4) is 0 Å². The molecule has 1 saturated heterocycles. The SMILES string of the molecule is CN1C(=O)CC[C@@]2(C)C1CC[C@H]1[C@@H]3CC[C@H](C(C)(C)C#N)[C@@]3(C)CC[C@@H]12. The summed E-state index contributed by atoms with van der Waals surface area (Å²) in [6.07, 6.45) is 9.38. The molecule has 0 radical (unpaired) electrons. The van der Waals surface area contributed by atoms with E-state index in [0.717, 1.165) is 30.6 Å². The van der Waals surface area contributed by atoms with Crippen molar-refractivity contribution in [1.29, 1.82) is 5.26 Å². The maximum Gasteiger partial charge on any atom is 0.222 e. The van der Waals surface area contributed by atoms with Crippen LogP contribution in [0.4, 0.5) is 0 Å². The molecule has 3 saturated carbocycles. The van der Waals surface area contributed by atoms with Crippen LogP contribution in [0.2, 0.25) is 0 Å². The summed E-state index contributed by atoms with van der Waals surface area (Å²) in [5.74, 6) is 3.23. The van der Waals surface area contributed by atoms with E-state index < -0.39 is 0 Å². The molecule has 7 atom stereocenters. The quantitative estimate of drug-likeness (QED) is 0.662. The second-order valence-corrected chi connectivity index (χ2v) is 11.0. The fourth-order valence-corrected chi connectivity index (χ4v) is 8.41. The fourth-order valence-electron chi connectivity index (χ4n) is 8.41. The normalized spacial score (nSPS) is 48.4. The molecule has 1 unspecified atom stereocenters. The highest BCUT2D eigenvalue weighted by molar-refractivity contribution is 5.77. The van der Waals surface area contributed by atoms with Crippen molar-refractivity contribution in [2.24, 2.45) is 39.9 Å². The number of fused-ring (bicyclic) bond motifs is 5. The van der Waals surface area contributed by atoms with E-state index in [-0.39, 0.29) is 5.41 Å². The van der Waals surface area contributed by atoms with Crippen LogP contribution in [0.15, 0.2) is 0 Å². The molecule has 0 spiro atoms. The predicted molar refractivity (Wildman–Crippen MR) is 103 cm³/mol. The summed E-state index contributed by atoms with van der Waals surface area (Å²) in [7, 11) is 2.04. The summed E-state index contributed by atoms with van der Waals surface area (Å²) in [5, 5.41) is 9.75. The average Bonchev–Trinajstić information content (AvgIpc) is 2.96. The standard InChI is InChI=1S/C23H36N2O/c1-21(2,14-24)18-8-7-16-15-6-9-19-23(4,13-11-20(26)25(19)5)17(15)10-12-22(16,18)3/h15-19H,6-13H2,1-5H3/t15-,16-,17-,18+,19?,22-,23+/m0/s1. The number of nitriles is 1. The van der Waals surface area contributed by atoms with Crippen LogP contribution in [0.5, 0.6) is 0 Å². The van der Waals surface area contributed by atoms with Crippen molar-refractivity contribution in [3.05, 3.63) is 0 Å². The Labute approximate surface area is 159 Å². The van der Waals surface area contributed by atoms with Crippen molar-refractivity contribution in [1.82, 2.24) is 4.90 Å². The average molecular weight is 357 g/mol. The van der Waals surface area contributed by atoms with Crippen LogP contribution in [-0.2, 0) is 4.79 Å². The Morgan fingerprint density at radius 2 is 1.73 bits per heavy atom. The number of amides is 1. The van der Waals surface area contributed by atoms with Crippen molar-refractivity contribution in [2.75, 3.05) is 7.05 Å². The second kappa shape index (κ2) is 5.73. The van der Waals surface area contributed by atoms with Crippen molar-refractivity contribution >= 4 is 5.91 Å². The Morgan fingerprint density at radius 1 is 1.04 bits per heavy atom. The van der Waals surface area contributed by atoms with Gasteiger partial charge in [-0.15, -0.1) is 0 Å². The number of piperidine rings is 1. The van der Waals surface area contributed by atoms with E-state index in [9.17, 15) is 10.1 Å². The first-order valence-electron chi connectivity index (χ1n) is 10.8. The smallest absolute Gasteiger partial charge is 0.222 e. The summed E-state index contributed by atoms with van der Waals surface area (Å²) in [5.41, 5.74) is 0.421. The summed E-state index contributed by atoms with van der Waals surface area (Å²) in [6, 6.07) is 3.08. The number of hydrogen-bond acceptors (Lipinski definition) is 2. The Hall–Kier alpha value is -1.04. The monoisotopic (exact) mass is 356 g/mol. The van der Waals surface area contributed by atoms with Gasteiger partial charge < -0.3 is 4.90 Å². The molecule has 3 aliphatic carbocycles. The molecule has 1 aliphatic heterocycles. The van der Waals surface area contributed by atoms with Gasteiger partial charge in [0.2, 0.25) is 5.91 Å². The summed E-state index contributed by atoms with van der Waals surface area (Å²) >= 11 is 0. The third-order valence-electron chi connectivity index (χ3n) is 9.72. The Balaban J connectivity index is 1.64. The van der Waals surface area contributed by atoms with Crippen LogP contribution < -0.4 is 0 Å². The Kier molecular flexibility index (Phi) is 4.04. The molecule has 26 heavy (non-hydrogen) atoms. The number of rotatable bonds is 1. The van der Waals surface area contributed by atoms with Crippen molar-refractivity contribution in [3.63, 3.8) is 0 Å². The van der Waals surface area contributed by atoms with E-state index in [1.165, 1.54) is 38.5 Å². The van der Waals surface area contributed by atoms with Crippen LogP contribution in [0.25, 0.3) is 0 Å². The molecule has 144 valence electrons. The third-order valence-corrected chi connectivity index (χ3v) is 9.72. The second-order valence-electron chi connectivity index (χ2n) is 11.0. The van der Waals surface area contributed by atoms with Crippen molar-refractivity contribution in [2.45, 2.75) is 85.1 Å². The van der Waals surface area contributed by atoms with E-state index in [1.807, 2.05) is 7.05 Å². The van der Waals surface area contributed by atoms with E-state index in [0.29, 0.717) is 28.7 Å². The van der Waals surface area contributed by atoms with E-state index in [4.69, 9.17) is 0 Å². The minimum Gasteiger partial charge on any atom is -0.342 e. The van der Waals surface area contributed by atoms with E-state index in [1.54, 1.807) is 0 Å². The van der Waals surface area contributed by atoms with Gasteiger partial charge >= 0.3 is 0 Å². The number of carbonyl (C=O) groups excluding carboxylic acids is 1. The highest BCUT2D eigenvalue weighted by Crippen LogP contribution is 2.68. The molecular weight excluding hydrogens is 320 g/mol. The van der Waals surface area contributed by atoms with Gasteiger partial charge in [0.05, 0.1) is 11.5 Å². The lowest BCUT2D eigenvalue weighted by molar-refractivity contribution is -0.159. The van der Waals surface area contributed by atoms with Gasteiger partial charge in [-0.05, 0) is 93.3 Å². The number of hydrogen-bond donors (Lipinski definition) is 0. The van der Waals surface area contributed by atoms with Gasteiger partial charge in [0.1, 0.15) is 0 Å². The highest BCUT2D eigenvalue weighted by Gasteiger charge is 2.62. The first kappa shape index (κ1) is 18.3. The highest BCUT2D eigenvalue weighted by atomic mass is 16.2. The van der Waals surface area contributed by atoms with E-state index in [2.05, 4.69) is 38.7 Å². The zero-order valence-electron chi connectivity index (χ0n) is 17.3. The van der Waals surface area contributed by atoms with Gasteiger partial charge in [-0.2, -0.15) is 5.26 Å². The van der Waals surface area contributed by atoms with Gasteiger partial charge in [0, 0.05) is 19.5 Å². The number of carbonyl (C=O) groups is 1. The topological polar surface area (TPSA) is 44.1 Å². The van der Waals surface area contributed by atoms with Crippen molar-refractivity contribution < 1.29 is 4.79 Å². The van der Waals surface area contributed by atoms with Gasteiger partial charge in [0.15, 0.2) is 0 Å². The molecule has 0 aromatic carbocycles. The van der Waals surface area contributed by atoms with Gasteiger partial charge in [-0.3, -0.25) is 4.79 Å². The third kappa shape index (κ3) is 2.26. The van der Waals surface area contributed by atoms with Crippen LogP contribution in [0.1, 0.15) is 79.1 Å². The molecular formula is C23H36N2O. The molecule has 0 N–H and O–H groups in total. The molecule has 3 nitrogen and oxygen atoms in total. The molecule has 1 heterocycles. The maximum atomic E-state index is 12.3.